The monoisotopic (exact) mass is 353 g/mol. The van der Waals surface area contributed by atoms with Gasteiger partial charge in [-0.2, -0.15) is 0 Å². The van der Waals surface area contributed by atoms with Crippen LogP contribution in [0.25, 0.3) is 0 Å². The second-order valence-electron chi connectivity index (χ2n) is 5.41. The fourth-order valence-corrected chi connectivity index (χ4v) is 2.17. The number of hydrogen-bond donors (Lipinski definition) is 2. The molecule has 1 atom stereocenters. The Morgan fingerprint density at radius 3 is 2.52 bits per heavy atom. The van der Waals surface area contributed by atoms with E-state index in [-0.39, 0.29) is 17.8 Å². The lowest BCUT2D eigenvalue weighted by atomic mass is 10.1. The van der Waals surface area contributed by atoms with Crippen LogP contribution in [0.5, 0.6) is 5.75 Å². The number of carbonyl (C=O) groups is 1. The van der Waals surface area contributed by atoms with Gasteiger partial charge in [0.25, 0.3) is 0 Å². The topological polar surface area (TPSA) is 63.2 Å². The van der Waals surface area contributed by atoms with Gasteiger partial charge in [0.15, 0.2) is 0 Å². The van der Waals surface area contributed by atoms with Crippen molar-refractivity contribution in [1.82, 2.24) is 15.6 Å². The molecule has 1 unspecified atom stereocenters. The largest absolute Gasteiger partial charge is 0.573 e. The summed E-state index contributed by atoms with van der Waals surface area (Å²) >= 11 is 0. The number of nitrogens with zero attached hydrogens (tertiary/aromatic N) is 1. The Balaban J connectivity index is 1.87. The third kappa shape index (κ3) is 5.98. The molecule has 8 heteroatoms. The molecule has 1 heterocycles. The van der Waals surface area contributed by atoms with Gasteiger partial charge in [0.2, 0.25) is 0 Å². The van der Waals surface area contributed by atoms with Gasteiger partial charge >= 0.3 is 12.4 Å². The second-order valence-corrected chi connectivity index (χ2v) is 5.41. The smallest absolute Gasteiger partial charge is 0.406 e. The number of aromatic nitrogens is 1. The fourth-order valence-electron chi connectivity index (χ4n) is 2.17. The maximum Gasteiger partial charge on any atom is 0.573 e. The van der Waals surface area contributed by atoms with Gasteiger partial charge in [0.1, 0.15) is 5.75 Å². The Kier molecular flexibility index (Phi) is 5.84. The molecule has 0 radical (unpaired) electrons. The third-order valence-electron chi connectivity index (χ3n) is 3.52. The Hall–Kier alpha value is -2.77. The number of amides is 2. The predicted molar refractivity (Wildman–Crippen MR) is 85.9 cm³/mol. The van der Waals surface area contributed by atoms with Gasteiger partial charge < -0.3 is 15.4 Å². The summed E-state index contributed by atoms with van der Waals surface area (Å²) in [4.78, 5) is 16.1. The highest BCUT2D eigenvalue weighted by Crippen LogP contribution is 2.24. The quantitative estimate of drug-likeness (QED) is 0.858. The number of carbonyl (C=O) groups excluding carboxylic acids is 1. The van der Waals surface area contributed by atoms with Crippen LogP contribution in [0.4, 0.5) is 18.0 Å². The average Bonchev–Trinajstić information content (AvgIpc) is 2.53. The molecule has 5 nitrogen and oxygen atoms in total. The summed E-state index contributed by atoms with van der Waals surface area (Å²) in [5, 5.41) is 5.44. The zero-order valence-corrected chi connectivity index (χ0v) is 13.7. The number of halogens is 3. The zero-order chi connectivity index (χ0) is 18.4. The maximum absolute atomic E-state index is 12.1. The van der Waals surface area contributed by atoms with Crippen molar-refractivity contribution >= 4 is 6.03 Å². The van der Waals surface area contributed by atoms with Crippen LogP contribution in [0.2, 0.25) is 0 Å². The summed E-state index contributed by atoms with van der Waals surface area (Å²) < 4.78 is 40.2. The van der Waals surface area contributed by atoms with E-state index in [2.05, 4.69) is 20.4 Å². The van der Waals surface area contributed by atoms with Gasteiger partial charge in [0, 0.05) is 18.4 Å². The normalized spacial score (nSPS) is 12.4. The molecule has 0 saturated carbocycles. The van der Waals surface area contributed by atoms with Crippen LogP contribution >= 0.6 is 0 Å². The summed E-state index contributed by atoms with van der Waals surface area (Å²) in [6, 6.07) is 8.24. The Bertz CT molecular complexity index is 718. The summed E-state index contributed by atoms with van der Waals surface area (Å²) in [6.45, 7) is 3.91. The molecular formula is C17H18F3N3O2. The van der Waals surface area contributed by atoms with Crippen LogP contribution in [0.15, 0.2) is 42.6 Å². The first-order chi connectivity index (χ1) is 11.7. The molecule has 1 aromatic heterocycles. The Labute approximate surface area is 143 Å². The molecule has 25 heavy (non-hydrogen) atoms. The SMILES string of the molecule is Cc1ncccc1CNC(=O)NC(C)c1ccc(OC(F)(F)F)cc1. The van der Waals surface area contributed by atoms with Gasteiger partial charge in [-0.25, -0.2) is 4.79 Å². The van der Waals surface area contributed by atoms with Crippen molar-refractivity contribution in [2.45, 2.75) is 32.8 Å². The summed E-state index contributed by atoms with van der Waals surface area (Å²) in [6.07, 6.45) is -3.05. The Morgan fingerprint density at radius 2 is 1.92 bits per heavy atom. The lowest BCUT2D eigenvalue weighted by Crippen LogP contribution is -2.36. The lowest BCUT2D eigenvalue weighted by Gasteiger charge is -2.16. The van der Waals surface area contributed by atoms with Crippen LogP contribution in [0.3, 0.4) is 0 Å². The first-order valence-corrected chi connectivity index (χ1v) is 7.55. The van der Waals surface area contributed by atoms with Crippen molar-refractivity contribution in [2.24, 2.45) is 0 Å². The van der Waals surface area contributed by atoms with E-state index in [0.29, 0.717) is 12.1 Å². The van der Waals surface area contributed by atoms with Crippen molar-refractivity contribution < 1.29 is 22.7 Å². The second kappa shape index (κ2) is 7.87. The molecule has 2 aromatic rings. The standard InChI is InChI=1S/C17H18F3N3O2/c1-11-14(4-3-9-21-11)10-22-16(24)23-12(2)13-5-7-15(8-6-13)25-17(18,19)20/h3-9,12H,10H2,1-2H3,(H2,22,23,24). The van der Waals surface area contributed by atoms with Gasteiger partial charge in [-0.3, -0.25) is 4.98 Å². The van der Waals surface area contributed by atoms with Gasteiger partial charge in [-0.15, -0.1) is 13.2 Å². The molecule has 0 aliphatic rings. The van der Waals surface area contributed by atoms with E-state index in [0.717, 1.165) is 11.3 Å². The summed E-state index contributed by atoms with van der Waals surface area (Å²) in [5.41, 5.74) is 2.39. The minimum Gasteiger partial charge on any atom is -0.406 e. The van der Waals surface area contributed by atoms with E-state index < -0.39 is 6.36 Å². The van der Waals surface area contributed by atoms with Crippen LogP contribution < -0.4 is 15.4 Å². The van der Waals surface area contributed by atoms with E-state index >= 15 is 0 Å². The number of urea groups is 1. The van der Waals surface area contributed by atoms with Crippen molar-refractivity contribution in [2.75, 3.05) is 0 Å². The van der Waals surface area contributed by atoms with Gasteiger partial charge in [0.05, 0.1) is 6.04 Å². The first-order valence-electron chi connectivity index (χ1n) is 7.55. The summed E-state index contributed by atoms with van der Waals surface area (Å²) in [7, 11) is 0. The van der Waals surface area contributed by atoms with Crippen LogP contribution in [0, 0.1) is 6.92 Å². The van der Waals surface area contributed by atoms with E-state index in [9.17, 15) is 18.0 Å². The number of aryl methyl sites for hydroxylation is 1. The van der Waals surface area contributed by atoms with Crippen LogP contribution in [-0.2, 0) is 6.54 Å². The van der Waals surface area contributed by atoms with Gasteiger partial charge in [-0.1, -0.05) is 18.2 Å². The molecule has 0 saturated heterocycles. The molecule has 0 bridgehead atoms. The number of hydrogen-bond acceptors (Lipinski definition) is 3. The van der Waals surface area contributed by atoms with E-state index in [1.165, 1.54) is 24.3 Å². The number of ether oxygens (including phenoxy) is 1. The number of benzene rings is 1. The Morgan fingerprint density at radius 1 is 1.24 bits per heavy atom. The van der Waals surface area contributed by atoms with Crippen LogP contribution in [0.1, 0.15) is 29.8 Å². The molecular weight excluding hydrogens is 335 g/mol. The highest BCUT2D eigenvalue weighted by molar-refractivity contribution is 5.74. The fraction of sp³-hybridized carbons (Fsp3) is 0.294. The van der Waals surface area contributed by atoms with Gasteiger partial charge in [-0.05, 0) is 43.2 Å². The van der Waals surface area contributed by atoms with Crippen molar-refractivity contribution in [3.63, 3.8) is 0 Å². The zero-order valence-electron chi connectivity index (χ0n) is 13.7. The lowest BCUT2D eigenvalue weighted by molar-refractivity contribution is -0.274. The van der Waals surface area contributed by atoms with E-state index in [1.807, 2.05) is 13.0 Å². The van der Waals surface area contributed by atoms with Crippen LogP contribution in [-0.4, -0.2) is 17.4 Å². The predicted octanol–water partition coefficient (Wildman–Crippen LogP) is 3.85. The maximum atomic E-state index is 12.1. The van der Waals surface area contributed by atoms with Crippen molar-refractivity contribution in [1.29, 1.82) is 0 Å². The van der Waals surface area contributed by atoms with E-state index in [1.54, 1.807) is 19.2 Å². The highest BCUT2D eigenvalue weighted by Gasteiger charge is 2.31. The molecule has 2 amide bonds. The molecule has 1 aromatic carbocycles. The minimum absolute atomic E-state index is 0.306. The number of rotatable bonds is 5. The molecule has 0 spiro atoms. The molecule has 0 fully saturated rings. The number of pyridine rings is 1. The third-order valence-corrected chi connectivity index (χ3v) is 3.52. The van der Waals surface area contributed by atoms with Crippen molar-refractivity contribution in [3.8, 4) is 5.75 Å². The molecule has 134 valence electrons. The molecule has 0 aliphatic carbocycles. The van der Waals surface area contributed by atoms with Crippen molar-refractivity contribution in [3.05, 3.63) is 59.4 Å². The molecule has 0 aliphatic heterocycles. The average molecular weight is 353 g/mol. The first kappa shape index (κ1) is 18.6. The van der Waals surface area contributed by atoms with E-state index in [4.69, 9.17) is 0 Å². The molecule has 2 N–H and O–H groups in total. The highest BCUT2D eigenvalue weighted by atomic mass is 19.4. The molecule has 2 rings (SSSR count). The minimum atomic E-state index is -4.73. The number of nitrogens with one attached hydrogen (secondary N) is 2. The summed E-state index contributed by atoms with van der Waals surface area (Å²) in [5.74, 6) is -0.306. The number of alkyl halides is 3.